The zero-order valence-electron chi connectivity index (χ0n) is 13.4. The van der Waals surface area contributed by atoms with E-state index in [2.05, 4.69) is 15.1 Å². The second kappa shape index (κ2) is 7.50. The average Bonchev–Trinajstić information content (AvgIpc) is 3.10. The third-order valence-corrected chi connectivity index (χ3v) is 3.63. The van der Waals surface area contributed by atoms with Crippen molar-refractivity contribution >= 4 is 5.91 Å². The molecule has 0 saturated heterocycles. The highest BCUT2D eigenvalue weighted by atomic mass is 16.5. The number of pyridine rings is 1. The van der Waals surface area contributed by atoms with Crippen LogP contribution in [0, 0.1) is 0 Å². The molecule has 0 radical (unpaired) electrons. The van der Waals surface area contributed by atoms with Crippen molar-refractivity contribution in [1.29, 1.82) is 0 Å². The van der Waals surface area contributed by atoms with E-state index < -0.39 is 0 Å². The van der Waals surface area contributed by atoms with Crippen LogP contribution < -0.4 is 0 Å². The fraction of sp³-hybridized carbons (Fsp3) is 0.222. The molecule has 3 aromatic rings. The Morgan fingerprint density at radius 3 is 2.75 bits per heavy atom. The fourth-order valence-corrected chi connectivity index (χ4v) is 2.32. The zero-order chi connectivity index (χ0) is 16.8. The van der Waals surface area contributed by atoms with Crippen LogP contribution >= 0.6 is 0 Å². The Labute approximate surface area is 140 Å². The fourth-order valence-electron chi connectivity index (χ4n) is 2.32. The van der Waals surface area contributed by atoms with Gasteiger partial charge in [0.2, 0.25) is 17.6 Å². The monoisotopic (exact) mass is 322 g/mol. The highest BCUT2D eigenvalue weighted by Gasteiger charge is 2.13. The van der Waals surface area contributed by atoms with Crippen LogP contribution in [-0.2, 0) is 17.8 Å². The Morgan fingerprint density at radius 1 is 1.17 bits per heavy atom. The van der Waals surface area contributed by atoms with E-state index in [0.29, 0.717) is 31.1 Å². The lowest BCUT2D eigenvalue weighted by Gasteiger charge is -2.16. The highest BCUT2D eigenvalue weighted by Crippen LogP contribution is 2.14. The van der Waals surface area contributed by atoms with Crippen LogP contribution in [0.4, 0.5) is 0 Å². The molecule has 0 N–H and O–H groups in total. The summed E-state index contributed by atoms with van der Waals surface area (Å²) in [6.07, 6.45) is 4.11. The number of carbonyl (C=O) groups is 1. The molecule has 2 heterocycles. The summed E-state index contributed by atoms with van der Waals surface area (Å²) in [6.45, 7) is 0.588. The van der Waals surface area contributed by atoms with Gasteiger partial charge in [-0.15, -0.1) is 0 Å². The number of benzene rings is 1. The molecule has 0 aliphatic heterocycles. The van der Waals surface area contributed by atoms with Gasteiger partial charge in [-0.1, -0.05) is 35.5 Å². The molecule has 3 rings (SSSR count). The van der Waals surface area contributed by atoms with Crippen molar-refractivity contribution < 1.29 is 9.32 Å². The van der Waals surface area contributed by atoms with Crippen molar-refractivity contribution in [2.75, 3.05) is 7.05 Å². The van der Waals surface area contributed by atoms with Gasteiger partial charge < -0.3 is 9.42 Å². The predicted octanol–water partition coefficient (Wildman–Crippen LogP) is 2.72. The Hall–Kier alpha value is -3.02. The maximum absolute atomic E-state index is 12.2. The molecular formula is C18H18N4O2. The normalized spacial score (nSPS) is 10.5. The molecule has 0 spiro atoms. The second-order valence-corrected chi connectivity index (χ2v) is 5.49. The number of hydrogen-bond donors (Lipinski definition) is 0. The number of aryl methyl sites for hydroxylation is 1. The first-order chi connectivity index (χ1) is 11.7. The van der Waals surface area contributed by atoms with Crippen LogP contribution in [-0.4, -0.2) is 33.0 Å². The lowest BCUT2D eigenvalue weighted by Crippen LogP contribution is -2.26. The van der Waals surface area contributed by atoms with Crippen LogP contribution in [0.2, 0.25) is 0 Å². The molecule has 0 atom stereocenters. The second-order valence-electron chi connectivity index (χ2n) is 5.49. The molecule has 0 bridgehead atoms. The lowest BCUT2D eigenvalue weighted by atomic mass is 10.2. The first kappa shape index (κ1) is 15.9. The summed E-state index contributed by atoms with van der Waals surface area (Å²) in [7, 11) is 1.80. The molecule has 6 nitrogen and oxygen atoms in total. The van der Waals surface area contributed by atoms with Gasteiger partial charge in [0.15, 0.2) is 0 Å². The van der Waals surface area contributed by atoms with Gasteiger partial charge in [-0.25, -0.2) is 0 Å². The first-order valence-corrected chi connectivity index (χ1v) is 7.73. The van der Waals surface area contributed by atoms with E-state index in [1.807, 2.05) is 42.5 Å². The minimum atomic E-state index is 0.0416. The largest absolute Gasteiger partial charge is 0.341 e. The molecule has 0 unspecified atom stereocenters. The Kier molecular flexibility index (Phi) is 4.96. The van der Waals surface area contributed by atoms with Gasteiger partial charge in [-0.05, 0) is 17.7 Å². The molecule has 0 fully saturated rings. The minimum Gasteiger partial charge on any atom is -0.341 e. The van der Waals surface area contributed by atoms with Crippen LogP contribution in [0.3, 0.4) is 0 Å². The van der Waals surface area contributed by atoms with E-state index >= 15 is 0 Å². The summed E-state index contributed by atoms with van der Waals surface area (Å²) in [5.41, 5.74) is 1.89. The molecule has 0 aliphatic rings. The van der Waals surface area contributed by atoms with E-state index in [-0.39, 0.29) is 5.91 Å². The molecule has 24 heavy (non-hydrogen) atoms. The average molecular weight is 322 g/mol. The lowest BCUT2D eigenvalue weighted by molar-refractivity contribution is -0.130. The molecule has 1 aromatic carbocycles. The Morgan fingerprint density at radius 2 is 2.00 bits per heavy atom. The molecule has 6 heteroatoms. The van der Waals surface area contributed by atoms with Crippen LogP contribution in [0.1, 0.15) is 17.9 Å². The molecule has 122 valence electrons. The van der Waals surface area contributed by atoms with Gasteiger partial charge in [0, 0.05) is 44.4 Å². The van der Waals surface area contributed by atoms with Crippen molar-refractivity contribution in [3.63, 3.8) is 0 Å². The van der Waals surface area contributed by atoms with Crippen molar-refractivity contribution in [2.45, 2.75) is 19.4 Å². The molecule has 1 amide bonds. The van der Waals surface area contributed by atoms with Crippen molar-refractivity contribution in [3.05, 3.63) is 66.3 Å². The standard InChI is InChI=1S/C18H18N4O2/c1-22(13-14-6-3-2-4-7-14)17(23)10-9-16-20-18(21-24-16)15-8-5-11-19-12-15/h2-8,11-12H,9-10,13H2,1H3. The number of hydrogen-bond acceptors (Lipinski definition) is 5. The Bertz CT molecular complexity index is 787. The summed E-state index contributed by atoms with van der Waals surface area (Å²) >= 11 is 0. The zero-order valence-corrected chi connectivity index (χ0v) is 13.4. The number of aromatic nitrogens is 3. The third-order valence-electron chi connectivity index (χ3n) is 3.63. The van der Waals surface area contributed by atoms with E-state index in [1.54, 1.807) is 24.3 Å². The molecule has 2 aromatic heterocycles. The van der Waals surface area contributed by atoms with E-state index in [1.165, 1.54) is 0 Å². The van der Waals surface area contributed by atoms with Gasteiger partial charge in [0.05, 0.1) is 0 Å². The summed E-state index contributed by atoms with van der Waals surface area (Å²) in [6, 6.07) is 13.6. The molecule has 0 saturated carbocycles. The summed E-state index contributed by atoms with van der Waals surface area (Å²) < 4.78 is 5.21. The quantitative estimate of drug-likeness (QED) is 0.698. The molecular weight excluding hydrogens is 304 g/mol. The number of carbonyl (C=O) groups excluding carboxylic acids is 1. The SMILES string of the molecule is CN(Cc1ccccc1)C(=O)CCc1nc(-c2cccnc2)no1. The van der Waals surface area contributed by atoms with Crippen molar-refractivity contribution in [3.8, 4) is 11.4 Å². The Balaban J connectivity index is 1.54. The first-order valence-electron chi connectivity index (χ1n) is 7.73. The van der Waals surface area contributed by atoms with Crippen LogP contribution in [0.5, 0.6) is 0 Å². The van der Waals surface area contributed by atoms with Gasteiger partial charge in [-0.3, -0.25) is 9.78 Å². The molecule has 0 aliphatic carbocycles. The number of nitrogens with zero attached hydrogens (tertiary/aromatic N) is 4. The van der Waals surface area contributed by atoms with E-state index in [4.69, 9.17) is 4.52 Å². The smallest absolute Gasteiger partial charge is 0.227 e. The summed E-state index contributed by atoms with van der Waals surface area (Å²) in [4.78, 5) is 22.3. The van der Waals surface area contributed by atoms with Gasteiger partial charge in [0.1, 0.15) is 0 Å². The maximum atomic E-state index is 12.2. The predicted molar refractivity (Wildman–Crippen MR) is 88.8 cm³/mol. The van der Waals surface area contributed by atoms with E-state index in [9.17, 15) is 4.79 Å². The summed E-state index contributed by atoms with van der Waals surface area (Å²) in [5.74, 6) is 0.985. The minimum absolute atomic E-state index is 0.0416. The summed E-state index contributed by atoms with van der Waals surface area (Å²) in [5, 5.41) is 3.93. The van der Waals surface area contributed by atoms with Gasteiger partial charge in [-0.2, -0.15) is 4.98 Å². The highest BCUT2D eigenvalue weighted by molar-refractivity contribution is 5.76. The topological polar surface area (TPSA) is 72.1 Å². The van der Waals surface area contributed by atoms with Gasteiger partial charge in [0.25, 0.3) is 0 Å². The van der Waals surface area contributed by atoms with Crippen LogP contribution in [0.15, 0.2) is 59.4 Å². The van der Waals surface area contributed by atoms with Crippen molar-refractivity contribution in [1.82, 2.24) is 20.0 Å². The maximum Gasteiger partial charge on any atom is 0.227 e. The number of amides is 1. The third kappa shape index (κ3) is 4.04. The van der Waals surface area contributed by atoms with E-state index in [0.717, 1.165) is 11.1 Å². The van der Waals surface area contributed by atoms with Crippen LogP contribution in [0.25, 0.3) is 11.4 Å². The number of rotatable bonds is 6. The van der Waals surface area contributed by atoms with Crippen molar-refractivity contribution in [2.24, 2.45) is 0 Å². The van der Waals surface area contributed by atoms with Gasteiger partial charge >= 0.3 is 0 Å².